The molecule has 0 aliphatic carbocycles. The third-order valence-electron chi connectivity index (χ3n) is 2.06. The van der Waals surface area contributed by atoms with Crippen molar-refractivity contribution in [2.24, 2.45) is 0 Å². The number of benzene rings is 1. The number of carbonyl (C=O) groups is 2. The average molecular weight is 286 g/mol. The van der Waals surface area contributed by atoms with Crippen LogP contribution in [0.2, 0.25) is 0 Å². The quantitative estimate of drug-likeness (QED) is 0.718. The molecule has 3 N–H and O–H groups in total. The molecule has 1 aromatic rings. The molecule has 0 heterocycles. The molecule has 1 amide bonds. The van der Waals surface area contributed by atoms with Crippen LogP contribution in [-0.4, -0.2) is 31.2 Å². The van der Waals surface area contributed by atoms with Gasteiger partial charge in [-0.3, -0.25) is 14.3 Å². The highest BCUT2D eigenvalue weighted by Gasteiger charge is 2.12. The Balaban J connectivity index is 2.67. The summed E-state index contributed by atoms with van der Waals surface area (Å²) in [5.41, 5.74) is 0.848. The minimum absolute atomic E-state index is 0.227. The van der Waals surface area contributed by atoms with Crippen LogP contribution in [0.1, 0.15) is 13.3 Å². The first kappa shape index (κ1) is 15.0. The van der Waals surface area contributed by atoms with Crippen molar-refractivity contribution in [3.63, 3.8) is 0 Å². The molecule has 0 radical (unpaired) electrons. The van der Waals surface area contributed by atoms with E-state index in [-0.39, 0.29) is 5.91 Å². The van der Waals surface area contributed by atoms with Crippen LogP contribution in [0.15, 0.2) is 24.3 Å². The maximum absolute atomic E-state index is 11.5. The van der Waals surface area contributed by atoms with Gasteiger partial charge in [-0.1, -0.05) is 0 Å². The van der Waals surface area contributed by atoms with Gasteiger partial charge in [0.05, 0.1) is 12.2 Å². The minimum Gasteiger partial charge on any atom is -0.481 e. The second-order valence-electron chi connectivity index (χ2n) is 3.82. The van der Waals surface area contributed by atoms with Gasteiger partial charge >= 0.3 is 5.97 Å². The van der Waals surface area contributed by atoms with Gasteiger partial charge in [0.15, 0.2) is 0 Å². The van der Waals surface area contributed by atoms with Crippen molar-refractivity contribution in [3.05, 3.63) is 24.3 Å². The summed E-state index contributed by atoms with van der Waals surface area (Å²) >= 11 is 0. The Morgan fingerprint density at radius 3 is 2.16 bits per heavy atom. The van der Waals surface area contributed by atoms with Gasteiger partial charge in [-0.05, 0) is 24.3 Å². The van der Waals surface area contributed by atoms with Gasteiger partial charge < -0.3 is 10.4 Å². The molecule has 0 aromatic heterocycles. The fourth-order valence-electron chi connectivity index (χ4n) is 1.28. The van der Waals surface area contributed by atoms with Crippen LogP contribution in [0.4, 0.5) is 11.4 Å². The first-order chi connectivity index (χ1) is 8.78. The van der Waals surface area contributed by atoms with E-state index in [2.05, 4.69) is 10.0 Å². The fraction of sp³-hybridized carbons (Fsp3) is 0.273. The molecule has 0 saturated heterocycles. The summed E-state index contributed by atoms with van der Waals surface area (Å²) in [7, 11) is -3.68. The van der Waals surface area contributed by atoms with E-state index in [1.165, 1.54) is 31.2 Å². The summed E-state index contributed by atoms with van der Waals surface area (Å²) in [6.07, 6.45) is -0.459. The second-order valence-corrected chi connectivity index (χ2v) is 5.67. The van der Waals surface area contributed by atoms with Crippen LogP contribution in [0, 0.1) is 0 Å². The number of carbonyl (C=O) groups excluding carboxylic acids is 1. The molecule has 104 valence electrons. The highest BCUT2D eigenvalue weighted by atomic mass is 32.2. The summed E-state index contributed by atoms with van der Waals surface area (Å²) in [6, 6.07) is 6.03. The molecular weight excluding hydrogens is 272 g/mol. The van der Waals surface area contributed by atoms with Crippen LogP contribution in [0.3, 0.4) is 0 Å². The van der Waals surface area contributed by atoms with E-state index >= 15 is 0 Å². The van der Waals surface area contributed by atoms with Crippen molar-refractivity contribution in [3.8, 4) is 0 Å². The van der Waals surface area contributed by atoms with Gasteiger partial charge in [0.25, 0.3) is 0 Å². The normalized spacial score (nSPS) is 10.8. The number of aliphatic carboxylic acids is 1. The number of rotatable bonds is 6. The first-order valence-corrected chi connectivity index (χ1v) is 7.04. The number of carboxylic acids is 1. The van der Waals surface area contributed by atoms with E-state index in [4.69, 9.17) is 5.11 Å². The van der Waals surface area contributed by atoms with Gasteiger partial charge in [0.2, 0.25) is 15.9 Å². The van der Waals surface area contributed by atoms with Crippen molar-refractivity contribution < 1.29 is 23.1 Å². The molecule has 1 rings (SSSR count). The van der Waals surface area contributed by atoms with Crippen LogP contribution in [-0.2, 0) is 19.6 Å². The summed E-state index contributed by atoms with van der Waals surface area (Å²) in [5, 5.41) is 11.0. The molecule has 8 heteroatoms. The van der Waals surface area contributed by atoms with Crippen molar-refractivity contribution >= 4 is 33.3 Å². The van der Waals surface area contributed by atoms with Crippen LogP contribution >= 0.6 is 0 Å². The van der Waals surface area contributed by atoms with Crippen LogP contribution in [0.25, 0.3) is 0 Å². The van der Waals surface area contributed by atoms with Crippen LogP contribution < -0.4 is 10.0 Å². The number of amides is 1. The molecule has 0 bridgehead atoms. The number of sulfonamides is 1. The van der Waals surface area contributed by atoms with Crippen LogP contribution in [0.5, 0.6) is 0 Å². The Hall–Kier alpha value is -2.09. The molecule has 19 heavy (non-hydrogen) atoms. The predicted octanol–water partition coefficient (Wildman–Crippen LogP) is 0.861. The van der Waals surface area contributed by atoms with E-state index in [0.29, 0.717) is 11.4 Å². The van der Waals surface area contributed by atoms with Gasteiger partial charge in [-0.2, -0.15) is 0 Å². The Kier molecular flexibility index (Phi) is 4.87. The van der Waals surface area contributed by atoms with E-state index < -0.39 is 28.2 Å². The zero-order valence-electron chi connectivity index (χ0n) is 10.2. The smallest absolute Gasteiger partial charge is 0.304 e. The molecular formula is C11H14N2O5S. The molecule has 1 aromatic carbocycles. The SMILES string of the molecule is CC(=O)Nc1ccc(NS(=O)(=O)CCC(=O)O)cc1. The monoisotopic (exact) mass is 286 g/mol. The van der Waals surface area contributed by atoms with Gasteiger partial charge in [-0.25, -0.2) is 8.42 Å². The number of carboxylic acid groups (broad SMARTS) is 1. The van der Waals surface area contributed by atoms with Crippen molar-refractivity contribution in [2.45, 2.75) is 13.3 Å². The fourth-order valence-corrected chi connectivity index (χ4v) is 2.32. The largest absolute Gasteiger partial charge is 0.481 e. The zero-order valence-corrected chi connectivity index (χ0v) is 11.0. The Morgan fingerprint density at radius 1 is 1.16 bits per heavy atom. The highest BCUT2D eigenvalue weighted by Crippen LogP contribution is 2.15. The lowest BCUT2D eigenvalue weighted by Gasteiger charge is -2.08. The summed E-state index contributed by atoms with van der Waals surface area (Å²) in [4.78, 5) is 21.1. The zero-order chi connectivity index (χ0) is 14.5. The highest BCUT2D eigenvalue weighted by molar-refractivity contribution is 7.92. The molecule has 0 spiro atoms. The molecule has 0 unspecified atom stereocenters. The lowest BCUT2D eigenvalue weighted by molar-refractivity contribution is -0.136. The van der Waals surface area contributed by atoms with Gasteiger partial charge in [0.1, 0.15) is 0 Å². The number of hydrogen-bond donors (Lipinski definition) is 3. The maximum atomic E-state index is 11.5. The van der Waals surface area contributed by atoms with Crippen molar-refractivity contribution in [2.75, 3.05) is 15.8 Å². The lowest BCUT2D eigenvalue weighted by atomic mass is 10.3. The Morgan fingerprint density at radius 2 is 1.68 bits per heavy atom. The van der Waals surface area contributed by atoms with Gasteiger partial charge in [-0.15, -0.1) is 0 Å². The third kappa shape index (κ3) is 5.87. The predicted molar refractivity (Wildman–Crippen MR) is 70.4 cm³/mol. The Labute approximate surface area is 110 Å². The molecule has 0 aliphatic heterocycles. The Bertz CT molecular complexity index is 565. The molecule has 0 aliphatic rings. The number of nitrogens with one attached hydrogen (secondary N) is 2. The summed E-state index contributed by atoms with van der Waals surface area (Å²) < 4.78 is 25.3. The van der Waals surface area contributed by atoms with Crippen molar-refractivity contribution in [1.29, 1.82) is 0 Å². The molecule has 0 atom stereocenters. The van der Waals surface area contributed by atoms with Crippen molar-refractivity contribution in [1.82, 2.24) is 0 Å². The van der Waals surface area contributed by atoms with Gasteiger partial charge in [0, 0.05) is 18.3 Å². The standard InChI is InChI=1S/C11H14N2O5S/c1-8(14)12-9-2-4-10(5-3-9)13-19(17,18)7-6-11(15)16/h2-5,13H,6-7H2,1H3,(H,12,14)(H,15,16). The summed E-state index contributed by atoms with van der Waals surface area (Å²) in [6.45, 7) is 1.36. The van der Waals surface area contributed by atoms with E-state index in [1.54, 1.807) is 0 Å². The molecule has 0 fully saturated rings. The number of hydrogen-bond acceptors (Lipinski definition) is 4. The van der Waals surface area contributed by atoms with E-state index in [9.17, 15) is 18.0 Å². The average Bonchev–Trinajstić information content (AvgIpc) is 2.28. The third-order valence-corrected chi connectivity index (χ3v) is 3.35. The summed E-state index contributed by atoms with van der Waals surface area (Å²) in [5.74, 6) is -1.89. The van der Waals surface area contributed by atoms with E-state index in [1.807, 2.05) is 0 Å². The molecule has 7 nitrogen and oxygen atoms in total. The van der Waals surface area contributed by atoms with E-state index in [0.717, 1.165) is 0 Å². The first-order valence-electron chi connectivity index (χ1n) is 5.38. The second kappa shape index (κ2) is 6.19. The molecule has 0 saturated carbocycles. The topological polar surface area (TPSA) is 113 Å². The number of anilines is 2. The maximum Gasteiger partial charge on any atom is 0.304 e. The minimum atomic E-state index is -3.68. The lowest BCUT2D eigenvalue weighted by Crippen LogP contribution is -2.18.